The molecule has 1 aliphatic rings. The van der Waals surface area contributed by atoms with E-state index in [-0.39, 0.29) is 12.5 Å². The van der Waals surface area contributed by atoms with Crippen molar-refractivity contribution in [1.29, 1.82) is 0 Å². The van der Waals surface area contributed by atoms with Crippen LogP contribution in [0.2, 0.25) is 0 Å². The van der Waals surface area contributed by atoms with Crippen LogP contribution in [0.5, 0.6) is 0 Å². The molecular formula is C60H107NO8. The number of carbonyl (C=O) groups excluding carboxylic acids is 1. The van der Waals surface area contributed by atoms with Crippen LogP contribution in [0, 0.1) is 0 Å². The number of unbranched alkanes of at least 4 members (excludes halogenated alkanes) is 28. The van der Waals surface area contributed by atoms with Crippen LogP contribution in [-0.4, -0.2) is 87.5 Å². The van der Waals surface area contributed by atoms with Crippen molar-refractivity contribution in [3.05, 3.63) is 72.9 Å². The van der Waals surface area contributed by atoms with E-state index in [1.165, 1.54) is 135 Å². The Morgan fingerprint density at radius 1 is 0.507 bits per heavy atom. The predicted molar refractivity (Wildman–Crippen MR) is 290 cm³/mol. The average molecular weight is 971 g/mol. The van der Waals surface area contributed by atoms with Gasteiger partial charge in [0.15, 0.2) is 6.29 Å². The van der Waals surface area contributed by atoms with Crippen molar-refractivity contribution in [3.63, 3.8) is 0 Å². The highest BCUT2D eigenvalue weighted by Crippen LogP contribution is 2.23. The first-order valence-corrected chi connectivity index (χ1v) is 28.7. The predicted octanol–water partition coefficient (Wildman–Crippen LogP) is 14.1. The second-order valence-electron chi connectivity index (χ2n) is 19.7. The second kappa shape index (κ2) is 49.2. The van der Waals surface area contributed by atoms with E-state index in [2.05, 4.69) is 79.9 Å². The number of hydrogen-bond acceptors (Lipinski definition) is 8. The lowest BCUT2D eigenvalue weighted by atomic mass is 9.99. The molecule has 0 aromatic rings. The molecular weight excluding hydrogens is 863 g/mol. The van der Waals surface area contributed by atoms with Gasteiger partial charge in [-0.25, -0.2) is 0 Å². The third kappa shape index (κ3) is 38.9. The quantitative estimate of drug-likeness (QED) is 0.0261. The van der Waals surface area contributed by atoms with E-state index in [1.807, 2.05) is 6.08 Å². The molecule has 400 valence electrons. The summed E-state index contributed by atoms with van der Waals surface area (Å²) in [5.41, 5.74) is 0. The van der Waals surface area contributed by atoms with Crippen LogP contribution in [0.4, 0.5) is 0 Å². The summed E-state index contributed by atoms with van der Waals surface area (Å²) < 4.78 is 11.3. The third-order valence-electron chi connectivity index (χ3n) is 13.3. The van der Waals surface area contributed by atoms with Gasteiger partial charge in [-0.3, -0.25) is 4.79 Å². The maximum absolute atomic E-state index is 13.0. The Kier molecular flexibility index (Phi) is 46.1. The van der Waals surface area contributed by atoms with Gasteiger partial charge in [-0.2, -0.15) is 0 Å². The fraction of sp³-hybridized carbons (Fsp3) is 0.783. The standard InChI is InChI=1S/C60H107NO8/c1-3-5-7-9-11-13-15-17-19-21-23-25-26-27-28-30-31-33-35-37-39-41-43-45-47-49-54(63)53(52-68-60-59(67)58(66)57(65)55(51-62)69-60)61-56(64)50-48-46-44-42-40-38-36-34-32-29-24-22-20-18-16-14-12-10-8-6-4-2/h6,8,12,14,18,20,24,29,34,36,47,49,53-55,57-60,62-63,65-67H,3-5,7,9-11,13,15-17,19,21-23,25-28,30-33,35,37-46,48,50-52H2,1-2H3,(H,61,64)/b8-6-,14-12-,20-18-,29-24-,36-34-,49-47+. The number of nitrogens with one attached hydrogen (secondary N) is 1. The molecule has 1 aliphatic heterocycles. The molecule has 1 rings (SSSR count). The molecule has 9 nitrogen and oxygen atoms in total. The molecule has 0 saturated carbocycles. The van der Waals surface area contributed by atoms with E-state index >= 15 is 0 Å². The van der Waals surface area contributed by atoms with Crippen molar-refractivity contribution in [2.45, 2.75) is 288 Å². The molecule has 7 atom stereocenters. The lowest BCUT2D eigenvalue weighted by Crippen LogP contribution is -2.60. The highest BCUT2D eigenvalue weighted by atomic mass is 16.7. The fourth-order valence-electron chi connectivity index (χ4n) is 8.77. The van der Waals surface area contributed by atoms with Gasteiger partial charge < -0.3 is 40.3 Å². The molecule has 69 heavy (non-hydrogen) atoms. The molecule has 0 aromatic heterocycles. The first kappa shape index (κ1) is 64.6. The fourth-order valence-corrected chi connectivity index (χ4v) is 8.77. The Morgan fingerprint density at radius 3 is 1.33 bits per heavy atom. The number of amides is 1. The number of carbonyl (C=O) groups is 1. The maximum Gasteiger partial charge on any atom is 0.220 e. The van der Waals surface area contributed by atoms with Gasteiger partial charge in [0.1, 0.15) is 24.4 Å². The zero-order chi connectivity index (χ0) is 50.1. The van der Waals surface area contributed by atoms with E-state index < -0.39 is 49.5 Å². The van der Waals surface area contributed by atoms with Crippen molar-refractivity contribution < 1.29 is 39.8 Å². The number of allylic oxidation sites excluding steroid dienone is 11. The van der Waals surface area contributed by atoms with Crippen LogP contribution in [0.1, 0.15) is 245 Å². The van der Waals surface area contributed by atoms with E-state index in [0.717, 1.165) is 89.9 Å². The van der Waals surface area contributed by atoms with E-state index in [4.69, 9.17) is 9.47 Å². The summed E-state index contributed by atoms with van der Waals surface area (Å²) in [6.45, 7) is 3.67. The molecule has 1 fully saturated rings. The number of ether oxygens (including phenoxy) is 2. The largest absolute Gasteiger partial charge is 0.394 e. The Bertz CT molecular complexity index is 1310. The van der Waals surface area contributed by atoms with Crippen molar-refractivity contribution in [2.75, 3.05) is 13.2 Å². The van der Waals surface area contributed by atoms with Crippen LogP contribution < -0.4 is 5.32 Å². The molecule has 0 spiro atoms. The van der Waals surface area contributed by atoms with Crippen molar-refractivity contribution in [1.82, 2.24) is 5.32 Å². The van der Waals surface area contributed by atoms with Crippen LogP contribution in [-0.2, 0) is 14.3 Å². The van der Waals surface area contributed by atoms with Crippen molar-refractivity contribution in [3.8, 4) is 0 Å². The first-order valence-electron chi connectivity index (χ1n) is 28.7. The Hall–Kier alpha value is -2.37. The summed E-state index contributed by atoms with van der Waals surface area (Å²) in [5.74, 6) is -0.196. The molecule has 9 heteroatoms. The highest BCUT2D eigenvalue weighted by molar-refractivity contribution is 5.76. The Morgan fingerprint density at radius 2 is 0.899 bits per heavy atom. The lowest BCUT2D eigenvalue weighted by Gasteiger charge is -2.40. The number of hydrogen-bond donors (Lipinski definition) is 6. The van der Waals surface area contributed by atoms with Gasteiger partial charge in [-0.1, -0.05) is 247 Å². The Labute approximate surface area is 423 Å². The molecule has 7 unspecified atom stereocenters. The van der Waals surface area contributed by atoms with E-state index in [9.17, 15) is 30.3 Å². The van der Waals surface area contributed by atoms with Crippen molar-refractivity contribution in [2.24, 2.45) is 0 Å². The highest BCUT2D eigenvalue weighted by Gasteiger charge is 2.44. The number of aliphatic hydroxyl groups excluding tert-OH is 5. The van der Waals surface area contributed by atoms with E-state index in [1.54, 1.807) is 6.08 Å². The first-order chi connectivity index (χ1) is 33.8. The molecule has 1 heterocycles. The molecule has 0 radical (unpaired) electrons. The molecule has 0 bridgehead atoms. The van der Waals surface area contributed by atoms with Crippen LogP contribution >= 0.6 is 0 Å². The summed E-state index contributed by atoms with van der Waals surface area (Å²) >= 11 is 0. The average Bonchev–Trinajstić information content (AvgIpc) is 3.35. The topological polar surface area (TPSA) is 149 Å². The number of aliphatic hydroxyl groups is 5. The summed E-state index contributed by atoms with van der Waals surface area (Å²) in [4.78, 5) is 13.0. The van der Waals surface area contributed by atoms with Gasteiger partial charge >= 0.3 is 0 Å². The molecule has 0 aliphatic carbocycles. The lowest BCUT2D eigenvalue weighted by molar-refractivity contribution is -0.302. The number of rotatable bonds is 48. The summed E-state index contributed by atoms with van der Waals surface area (Å²) in [5, 5.41) is 54.5. The van der Waals surface area contributed by atoms with E-state index in [0.29, 0.717) is 6.42 Å². The van der Waals surface area contributed by atoms with Crippen LogP contribution in [0.3, 0.4) is 0 Å². The van der Waals surface area contributed by atoms with Gasteiger partial charge in [-0.15, -0.1) is 0 Å². The van der Waals surface area contributed by atoms with Gasteiger partial charge in [0.25, 0.3) is 0 Å². The second-order valence-corrected chi connectivity index (χ2v) is 19.7. The minimum absolute atomic E-state index is 0.196. The van der Waals surface area contributed by atoms with Crippen LogP contribution in [0.25, 0.3) is 0 Å². The van der Waals surface area contributed by atoms with Gasteiger partial charge in [0, 0.05) is 6.42 Å². The van der Waals surface area contributed by atoms with Gasteiger partial charge in [0.2, 0.25) is 5.91 Å². The third-order valence-corrected chi connectivity index (χ3v) is 13.3. The van der Waals surface area contributed by atoms with Crippen molar-refractivity contribution >= 4 is 5.91 Å². The minimum Gasteiger partial charge on any atom is -0.394 e. The maximum atomic E-state index is 13.0. The normalized spacial score (nSPS) is 20.0. The molecule has 1 saturated heterocycles. The van der Waals surface area contributed by atoms with Crippen LogP contribution in [0.15, 0.2) is 72.9 Å². The summed E-state index contributed by atoms with van der Waals surface area (Å²) in [6, 6.07) is -0.820. The molecule has 0 aromatic carbocycles. The van der Waals surface area contributed by atoms with Gasteiger partial charge in [0.05, 0.1) is 25.4 Å². The SMILES string of the molecule is CC/C=C\C/C=C\C/C=C\C/C=C\C/C=C\CCCCCCCC(=O)NC(COC1OC(CO)C(O)C(O)C1O)C(O)/C=C/CCCCCCCCCCCCCCCCCCCCCCCCC. The molecule has 1 amide bonds. The Balaban J connectivity index is 2.26. The summed E-state index contributed by atoms with van der Waals surface area (Å²) in [7, 11) is 0. The van der Waals surface area contributed by atoms with Gasteiger partial charge in [-0.05, 0) is 64.2 Å². The zero-order valence-corrected chi connectivity index (χ0v) is 44.3. The zero-order valence-electron chi connectivity index (χ0n) is 44.3. The molecule has 6 N–H and O–H groups in total. The smallest absolute Gasteiger partial charge is 0.220 e. The monoisotopic (exact) mass is 970 g/mol. The summed E-state index contributed by atoms with van der Waals surface area (Å²) in [6.07, 6.45) is 61.0. The minimum atomic E-state index is -1.57.